The van der Waals surface area contributed by atoms with Crippen molar-refractivity contribution < 1.29 is 50.3 Å². The van der Waals surface area contributed by atoms with Crippen LogP contribution in [-0.2, 0) is 40.7 Å². The van der Waals surface area contributed by atoms with Gasteiger partial charge in [-0.25, -0.2) is 8.42 Å². The predicted octanol–water partition coefficient (Wildman–Crippen LogP) is 5.74. The molecule has 2 heterocycles. The maximum absolute atomic E-state index is 12.0. The molecular formula is C35H44N2O10S2. The molecule has 0 aliphatic carbocycles. The third kappa shape index (κ3) is 8.48. The number of hydrogen-bond donors (Lipinski definition) is 3. The molecule has 49 heavy (non-hydrogen) atoms. The number of carboxylic acids is 2. The minimum absolute atomic E-state index is 0.0663. The predicted molar refractivity (Wildman–Crippen MR) is 183 cm³/mol. The highest BCUT2D eigenvalue weighted by atomic mass is 32.2. The number of aliphatic carboxylic acids is 2. The molecule has 12 nitrogen and oxygen atoms in total. The van der Waals surface area contributed by atoms with Gasteiger partial charge in [0.1, 0.15) is 16.7 Å². The summed E-state index contributed by atoms with van der Waals surface area (Å²) in [6.45, 7) is 8.89. The van der Waals surface area contributed by atoms with Crippen molar-refractivity contribution in [3.05, 3.63) is 71.5 Å². The maximum atomic E-state index is 12.0. The lowest BCUT2D eigenvalue weighted by Gasteiger charge is -2.27. The number of rotatable bonds is 16. The van der Waals surface area contributed by atoms with Crippen LogP contribution in [-0.4, -0.2) is 71.5 Å². The summed E-state index contributed by atoms with van der Waals surface area (Å²) >= 11 is 0. The van der Waals surface area contributed by atoms with Crippen molar-refractivity contribution in [3.8, 4) is 0 Å². The Morgan fingerprint density at radius 2 is 1.41 bits per heavy atom. The second-order valence-corrected chi connectivity index (χ2v) is 16.3. The molecule has 2 aliphatic rings. The first-order valence-corrected chi connectivity index (χ1v) is 19.1. The SMILES string of the molecule is CC1(C)C(=CC=CC2=[N+](CCCCCC(=O)O)c3ccc(S(=O)(=O)[O-])cc3C2(C)C)N(CCCCCC(=O)O)c2ccc(S(=O)(=O)O)cc21. The summed E-state index contributed by atoms with van der Waals surface area (Å²) in [7, 11) is -9.14. The highest BCUT2D eigenvalue weighted by Gasteiger charge is 2.45. The molecule has 266 valence electrons. The van der Waals surface area contributed by atoms with Crippen molar-refractivity contribution in [1.29, 1.82) is 0 Å². The first kappa shape index (κ1) is 38.0. The van der Waals surface area contributed by atoms with E-state index in [-0.39, 0.29) is 22.6 Å². The smallest absolute Gasteiger partial charge is 0.303 e. The number of carboxylic acid groups (broad SMARTS) is 2. The summed E-state index contributed by atoms with van der Waals surface area (Å²) in [5, 5.41) is 18.1. The molecule has 2 aromatic carbocycles. The second-order valence-electron chi connectivity index (χ2n) is 13.5. The van der Waals surface area contributed by atoms with Crippen molar-refractivity contribution >= 4 is 49.3 Å². The third-order valence-electron chi connectivity index (χ3n) is 9.37. The van der Waals surface area contributed by atoms with E-state index in [1.807, 2.05) is 45.9 Å². The van der Waals surface area contributed by atoms with E-state index in [1.54, 1.807) is 12.1 Å². The van der Waals surface area contributed by atoms with E-state index in [0.29, 0.717) is 62.7 Å². The van der Waals surface area contributed by atoms with Crippen molar-refractivity contribution in [2.75, 3.05) is 18.0 Å². The van der Waals surface area contributed by atoms with E-state index in [1.165, 1.54) is 24.3 Å². The number of unbranched alkanes of at least 4 members (excludes halogenated alkanes) is 4. The fourth-order valence-corrected chi connectivity index (χ4v) is 7.79. The van der Waals surface area contributed by atoms with Gasteiger partial charge in [0.15, 0.2) is 5.71 Å². The first-order chi connectivity index (χ1) is 22.8. The quantitative estimate of drug-likeness (QED) is 0.109. The average Bonchev–Trinajstić information content (AvgIpc) is 3.33. The lowest BCUT2D eigenvalue weighted by Crippen LogP contribution is -2.28. The molecule has 2 aliphatic heterocycles. The van der Waals surface area contributed by atoms with Crippen LogP contribution in [0.2, 0.25) is 0 Å². The molecule has 0 amide bonds. The lowest BCUT2D eigenvalue weighted by molar-refractivity contribution is -0.438. The Hall–Kier alpha value is -3.85. The zero-order chi connectivity index (χ0) is 36.4. The van der Waals surface area contributed by atoms with Crippen LogP contribution in [0.1, 0.15) is 90.2 Å². The Labute approximate surface area is 288 Å². The summed E-state index contributed by atoms with van der Waals surface area (Å²) in [5.41, 5.74) is 3.26. The molecule has 0 unspecified atom stereocenters. The van der Waals surface area contributed by atoms with Crippen LogP contribution in [0, 0.1) is 0 Å². The van der Waals surface area contributed by atoms with Crippen LogP contribution in [0.5, 0.6) is 0 Å². The molecule has 0 fully saturated rings. The molecule has 3 N–H and O–H groups in total. The number of hydrogen-bond acceptors (Lipinski definition) is 8. The van der Waals surface area contributed by atoms with Crippen molar-refractivity contribution in [3.63, 3.8) is 0 Å². The molecule has 0 atom stereocenters. The lowest BCUT2D eigenvalue weighted by atomic mass is 9.81. The fourth-order valence-electron chi connectivity index (χ4n) is 6.78. The zero-order valence-corrected chi connectivity index (χ0v) is 29.8. The van der Waals surface area contributed by atoms with Crippen molar-refractivity contribution in [2.45, 2.75) is 99.7 Å². The Kier molecular flexibility index (Phi) is 11.3. The summed E-state index contributed by atoms with van der Waals surface area (Å²) in [6, 6.07) is 8.86. The van der Waals surface area contributed by atoms with Gasteiger partial charge in [-0.05, 0) is 81.5 Å². The van der Waals surface area contributed by atoms with Crippen molar-refractivity contribution in [2.24, 2.45) is 0 Å². The van der Waals surface area contributed by atoms with Gasteiger partial charge in [0, 0.05) is 60.3 Å². The van der Waals surface area contributed by atoms with Gasteiger partial charge in [-0.1, -0.05) is 26.3 Å². The average molecular weight is 717 g/mol. The standard InChI is InChI=1S/C35H44N2O10S2/c1-34(2)26-22-24(48(42,43)44)16-18-28(26)36(20-9-5-7-14-32(38)39)30(34)12-11-13-31-35(3,4)27-23-25(49(45,46)47)17-19-29(27)37(31)21-10-6-8-15-33(40)41/h11-13,16-19,22-23H,5-10,14-15,20-21H2,1-4H3,(H3-,38,39,40,41,42,43,44,45,46,47). The summed E-state index contributed by atoms with van der Waals surface area (Å²) in [5.74, 6) is -1.71. The highest BCUT2D eigenvalue weighted by Crippen LogP contribution is 2.49. The van der Waals surface area contributed by atoms with Gasteiger partial charge in [0.2, 0.25) is 5.69 Å². The molecule has 0 saturated carbocycles. The van der Waals surface area contributed by atoms with Crippen LogP contribution >= 0.6 is 0 Å². The first-order valence-electron chi connectivity index (χ1n) is 16.2. The van der Waals surface area contributed by atoms with Crippen molar-refractivity contribution in [1.82, 2.24) is 0 Å². The van der Waals surface area contributed by atoms with Gasteiger partial charge in [-0.15, -0.1) is 0 Å². The molecule has 0 bridgehead atoms. The summed E-state index contributed by atoms with van der Waals surface area (Å²) in [6.07, 6.45) is 9.65. The van der Waals surface area contributed by atoms with E-state index in [0.717, 1.165) is 22.8 Å². The second kappa shape index (κ2) is 14.6. The van der Waals surface area contributed by atoms with Crippen LogP contribution in [0.15, 0.2) is 70.1 Å². The molecule has 0 aromatic heterocycles. The Morgan fingerprint density at radius 1 is 0.816 bits per heavy atom. The molecule has 0 saturated heterocycles. The summed E-state index contributed by atoms with van der Waals surface area (Å²) < 4.78 is 71.6. The molecule has 14 heteroatoms. The van der Waals surface area contributed by atoms with E-state index >= 15 is 0 Å². The maximum Gasteiger partial charge on any atom is 0.303 e. The van der Waals surface area contributed by atoms with Crippen LogP contribution in [0.4, 0.5) is 11.4 Å². The van der Waals surface area contributed by atoms with Gasteiger partial charge in [0.05, 0.1) is 15.2 Å². The number of allylic oxidation sites excluding steroid dienone is 4. The summed E-state index contributed by atoms with van der Waals surface area (Å²) in [4.78, 5) is 23.6. The minimum Gasteiger partial charge on any atom is -0.744 e. The van der Waals surface area contributed by atoms with Crippen LogP contribution < -0.4 is 4.90 Å². The number of fused-ring (bicyclic) bond motifs is 2. The number of nitrogens with zero attached hydrogens (tertiary/aromatic N) is 2. The molecule has 0 spiro atoms. The van der Waals surface area contributed by atoms with Crippen LogP contribution in [0.3, 0.4) is 0 Å². The number of carbonyl (C=O) groups is 2. The largest absolute Gasteiger partial charge is 0.744 e. The Morgan fingerprint density at radius 3 is 2.00 bits per heavy atom. The van der Waals surface area contributed by atoms with E-state index < -0.39 is 43.0 Å². The molecule has 4 rings (SSSR count). The molecular weight excluding hydrogens is 673 g/mol. The molecule has 0 radical (unpaired) electrons. The number of anilines is 1. The molecule has 2 aromatic rings. The third-order valence-corrected chi connectivity index (χ3v) is 11.0. The zero-order valence-electron chi connectivity index (χ0n) is 28.2. The Bertz CT molecular complexity index is 1940. The Balaban J connectivity index is 1.74. The topological polar surface area (TPSA) is 192 Å². The highest BCUT2D eigenvalue weighted by molar-refractivity contribution is 7.86. The van der Waals surface area contributed by atoms with Gasteiger partial charge in [-0.3, -0.25) is 14.1 Å². The monoisotopic (exact) mass is 716 g/mol. The minimum atomic E-state index is -4.69. The van der Waals surface area contributed by atoms with Crippen LogP contribution in [0.25, 0.3) is 0 Å². The number of benzene rings is 2. The fraction of sp³-hybridized carbons (Fsp3) is 0.457. The normalized spacial score (nSPS) is 17.6. The van der Waals surface area contributed by atoms with Gasteiger partial charge < -0.3 is 19.7 Å². The van der Waals surface area contributed by atoms with E-state index in [2.05, 4.69) is 9.48 Å². The van der Waals surface area contributed by atoms with Gasteiger partial charge in [-0.2, -0.15) is 13.0 Å². The van der Waals surface area contributed by atoms with Gasteiger partial charge >= 0.3 is 11.9 Å². The van der Waals surface area contributed by atoms with E-state index in [9.17, 15) is 35.5 Å². The van der Waals surface area contributed by atoms with Gasteiger partial charge in [0.25, 0.3) is 10.1 Å². The van der Waals surface area contributed by atoms with E-state index in [4.69, 9.17) is 10.2 Å².